The number of esters is 1. The van der Waals surface area contributed by atoms with Gasteiger partial charge in [-0.15, -0.1) is 11.6 Å². The number of Topliss-reactive ketones (excluding diaryl/α,β-unsaturated/α-hetero) is 1. The summed E-state index contributed by atoms with van der Waals surface area (Å²) in [7, 11) is 0. The largest absolute Gasteiger partial charge is 0.462 e. The monoisotopic (exact) mass is 265 g/mol. The highest BCUT2D eigenvalue weighted by Crippen LogP contribution is 2.27. The van der Waals surface area contributed by atoms with Crippen LogP contribution in [0.15, 0.2) is 18.2 Å². The first-order valence-corrected chi connectivity index (χ1v) is 5.81. The van der Waals surface area contributed by atoms with E-state index in [1.165, 1.54) is 13.0 Å². The van der Waals surface area contributed by atoms with Gasteiger partial charge >= 0.3 is 5.97 Å². The van der Waals surface area contributed by atoms with E-state index in [4.69, 9.17) is 21.6 Å². The average Bonchev–Trinajstić information content (AvgIpc) is 2.36. The van der Waals surface area contributed by atoms with Gasteiger partial charge in [0.05, 0.1) is 17.7 Å². The summed E-state index contributed by atoms with van der Waals surface area (Å²) in [6, 6.07) is 6.50. The number of rotatable bonds is 4. The van der Waals surface area contributed by atoms with E-state index in [1.54, 1.807) is 19.1 Å². The zero-order chi connectivity index (χ0) is 13.7. The molecule has 0 radical (unpaired) electrons. The van der Waals surface area contributed by atoms with E-state index < -0.39 is 11.3 Å². The lowest BCUT2D eigenvalue weighted by molar-refractivity contribution is -0.116. The molecule has 18 heavy (non-hydrogen) atoms. The molecule has 1 rings (SSSR count). The van der Waals surface area contributed by atoms with Crippen LogP contribution < -0.4 is 0 Å². The fraction of sp³-hybridized carbons (Fsp3) is 0.308. The maximum atomic E-state index is 11.7. The predicted molar refractivity (Wildman–Crippen MR) is 66.4 cm³/mol. The molecule has 0 heterocycles. The Bertz CT molecular complexity index is 519. The predicted octanol–water partition coefficient (Wildman–Crippen LogP) is 2.60. The van der Waals surface area contributed by atoms with Crippen molar-refractivity contribution in [3.63, 3.8) is 0 Å². The molecule has 1 aromatic rings. The lowest BCUT2D eigenvalue weighted by Crippen LogP contribution is -2.11. The van der Waals surface area contributed by atoms with Crippen molar-refractivity contribution in [3.05, 3.63) is 34.9 Å². The number of hydrogen-bond donors (Lipinski definition) is 0. The molecule has 0 spiro atoms. The number of carbonyl (C=O) groups is 2. The average molecular weight is 266 g/mol. The molecule has 0 N–H and O–H groups in total. The summed E-state index contributed by atoms with van der Waals surface area (Å²) in [6.45, 7) is 3.22. The molecule has 4 nitrogen and oxygen atoms in total. The summed E-state index contributed by atoms with van der Waals surface area (Å²) in [5.41, 5.74) is 0.548. The van der Waals surface area contributed by atoms with E-state index in [0.717, 1.165) is 0 Å². The summed E-state index contributed by atoms with van der Waals surface area (Å²) < 4.78 is 4.85. The van der Waals surface area contributed by atoms with Crippen molar-refractivity contribution in [2.45, 2.75) is 19.2 Å². The van der Waals surface area contributed by atoms with Gasteiger partial charge < -0.3 is 4.74 Å². The molecule has 1 unspecified atom stereocenters. The van der Waals surface area contributed by atoms with Gasteiger partial charge in [0.25, 0.3) is 0 Å². The molecule has 1 aromatic carbocycles. The van der Waals surface area contributed by atoms with Gasteiger partial charge in [-0.25, -0.2) is 4.79 Å². The number of ketones is 1. The molecule has 94 valence electrons. The Morgan fingerprint density at radius 1 is 1.50 bits per heavy atom. The molecule has 0 amide bonds. The van der Waals surface area contributed by atoms with Crippen LogP contribution >= 0.6 is 11.6 Å². The van der Waals surface area contributed by atoms with Crippen molar-refractivity contribution < 1.29 is 14.3 Å². The third-order valence-corrected chi connectivity index (χ3v) is 2.88. The second-order valence-electron chi connectivity index (χ2n) is 3.58. The smallest absolute Gasteiger partial charge is 0.339 e. The summed E-state index contributed by atoms with van der Waals surface area (Å²) >= 11 is 5.93. The summed E-state index contributed by atoms with van der Waals surface area (Å²) in [5.74, 6) is -0.877. The fourth-order valence-corrected chi connectivity index (χ4v) is 1.69. The van der Waals surface area contributed by atoms with Crippen molar-refractivity contribution in [1.29, 1.82) is 5.26 Å². The van der Waals surface area contributed by atoms with Crippen LogP contribution in [0.5, 0.6) is 0 Å². The first-order chi connectivity index (χ1) is 8.52. The van der Waals surface area contributed by atoms with Crippen LogP contribution in [-0.4, -0.2) is 18.4 Å². The first-order valence-electron chi connectivity index (χ1n) is 5.37. The fourth-order valence-electron chi connectivity index (χ4n) is 1.50. The topological polar surface area (TPSA) is 67.2 Å². The third-order valence-electron chi connectivity index (χ3n) is 2.33. The van der Waals surface area contributed by atoms with Crippen molar-refractivity contribution in [3.8, 4) is 6.07 Å². The van der Waals surface area contributed by atoms with Gasteiger partial charge in [-0.2, -0.15) is 5.26 Å². The van der Waals surface area contributed by atoms with Crippen LogP contribution in [0.3, 0.4) is 0 Å². The Hall–Kier alpha value is -1.86. The van der Waals surface area contributed by atoms with Gasteiger partial charge in [-0.05, 0) is 25.5 Å². The highest BCUT2D eigenvalue weighted by Gasteiger charge is 2.22. The Kier molecular flexibility index (Phi) is 4.87. The van der Waals surface area contributed by atoms with Crippen LogP contribution in [0.2, 0.25) is 0 Å². The number of alkyl halides is 1. The number of nitrogens with zero attached hydrogens (tertiary/aromatic N) is 1. The van der Waals surface area contributed by atoms with Crippen LogP contribution in [0.25, 0.3) is 0 Å². The second-order valence-corrected chi connectivity index (χ2v) is 4.01. The standard InChI is InChI=1S/C13H12ClNO3/c1-3-18-13(17)10-6-4-5-9(11(10)7-15)12(14)8(2)16/h4-6,12H,3H2,1-2H3. The van der Waals surface area contributed by atoms with Gasteiger partial charge in [-0.3, -0.25) is 4.79 Å². The summed E-state index contributed by atoms with van der Waals surface area (Å²) in [4.78, 5) is 22.9. The molecule has 0 aliphatic rings. The van der Waals surface area contributed by atoms with E-state index >= 15 is 0 Å². The lowest BCUT2D eigenvalue weighted by atomic mass is 9.98. The Balaban J connectivity index is 3.32. The number of carbonyl (C=O) groups excluding carboxylic acids is 2. The molecule has 1 atom stereocenters. The first kappa shape index (κ1) is 14.2. The number of hydrogen-bond acceptors (Lipinski definition) is 4. The van der Waals surface area contributed by atoms with Crippen molar-refractivity contribution >= 4 is 23.4 Å². The molecule has 0 aliphatic carbocycles. The number of nitriles is 1. The third kappa shape index (κ3) is 2.88. The molecule has 0 bridgehead atoms. The van der Waals surface area contributed by atoms with E-state index in [-0.39, 0.29) is 23.5 Å². The Labute approximate surface area is 110 Å². The molecule has 0 saturated heterocycles. The van der Waals surface area contributed by atoms with Crippen LogP contribution in [0.4, 0.5) is 0 Å². The van der Waals surface area contributed by atoms with Gasteiger partial charge in [0, 0.05) is 0 Å². The quantitative estimate of drug-likeness (QED) is 0.620. The van der Waals surface area contributed by atoms with Gasteiger partial charge in [0.15, 0.2) is 5.78 Å². The van der Waals surface area contributed by atoms with Crippen LogP contribution in [-0.2, 0) is 9.53 Å². The maximum Gasteiger partial charge on any atom is 0.339 e. The van der Waals surface area contributed by atoms with Crippen LogP contribution in [0, 0.1) is 11.3 Å². The van der Waals surface area contributed by atoms with Gasteiger partial charge in [0.2, 0.25) is 0 Å². The Morgan fingerprint density at radius 3 is 2.67 bits per heavy atom. The van der Waals surface area contributed by atoms with E-state index in [1.807, 2.05) is 6.07 Å². The minimum absolute atomic E-state index is 0.0890. The van der Waals surface area contributed by atoms with Crippen molar-refractivity contribution in [1.82, 2.24) is 0 Å². The van der Waals surface area contributed by atoms with Crippen molar-refractivity contribution in [2.24, 2.45) is 0 Å². The maximum absolute atomic E-state index is 11.7. The molecular weight excluding hydrogens is 254 g/mol. The zero-order valence-electron chi connectivity index (χ0n) is 10.1. The SMILES string of the molecule is CCOC(=O)c1cccc(C(Cl)C(C)=O)c1C#N. The van der Waals surface area contributed by atoms with Gasteiger partial charge in [0.1, 0.15) is 11.4 Å². The molecule has 5 heteroatoms. The molecule has 0 saturated carbocycles. The number of benzene rings is 1. The molecule has 0 fully saturated rings. The minimum Gasteiger partial charge on any atom is -0.462 e. The highest BCUT2D eigenvalue weighted by molar-refractivity contribution is 6.31. The lowest BCUT2D eigenvalue weighted by Gasteiger charge is -2.11. The number of ether oxygens (including phenoxy) is 1. The van der Waals surface area contributed by atoms with Crippen LogP contribution in [0.1, 0.15) is 40.7 Å². The normalized spacial score (nSPS) is 11.4. The molecular formula is C13H12ClNO3. The van der Waals surface area contributed by atoms with Crippen molar-refractivity contribution in [2.75, 3.05) is 6.61 Å². The molecule has 0 aliphatic heterocycles. The van der Waals surface area contributed by atoms with Gasteiger partial charge in [-0.1, -0.05) is 12.1 Å². The van der Waals surface area contributed by atoms with E-state index in [2.05, 4.69) is 0 Å². The van der Waals surface area contributed by atoms with E-state index in [0.29, 0.717) is 5.56 Å². The minimum atomic E-state index is -0.936. The number of halogens is 1. The summed E-state index contributed by atoms with van der Waals surface area (Å²) in [6.07, 6.45) is 0. The van der Waals surface area contributed by atoms with E-state index in [9.17, 15) is 9.59 Å². The second kappa shape index (κ2) is 6.18. The molecule has 0 aromatic heterocycles. The zero-order valence-corrected chi connectivity index (χ0v) is 10.8. The Morgan fingerprint density at radius 2 is 2.17 bits per heavy atom. The highest BCUT2D eigenvalue weighted by atomic mass is 35.5. The summed E-state index contributed by atoms with van der Waals surface area (Å²) in [5, 5.41) is 8.18.